The Bertz CT molecular complexity index is 955. The molecule has 2 aromatic carbocycles. The highest BCUT2D eigenvalue weighted by Gasteiger charge is 2.13. The molecule has 0 radical (unpaired) electrons. The Morgan fingerprint density at radius 1 is 1.00 bits per heavy atom. The normalized spacial score (nSPS) is 11.7. The van der Waals surface area contributed by atoms with Crippen LogP contribution in [0, 0.1) is 6.92 Å². The van der Waals surface area contributed by atoms with E-state index in [-0.39, 0.29) is 0 Å². The highest BCUT2D eigenvalue weighted by atomic mass is 32.2. The number of hydrogen-bond acceptors (Lipinski definition) is 3. The molecule has 20 heavy (non-hydrogen) atoms. The van der Waals surface area contributed by atoms with Crippen LogP contribution < -0.4 is 0 Å². The lowest BCUT2D eigenvalue weighted by atomic mass is 10.0. The maximum absolute atomic E-state index is 5.92. The number of aromatic nitrogens is 1. The van der Waals surface area contributed by atoms with E-state index in [0.29, 0.717) is 0 Å². The molecule has 0 saturated heterocycles. The van der Waals surface area contributed by atoms with Crippen molar-refractivity contribution in [2.75, 3.05) is 6.26 Å². The topological polar surface area (TPSA) is 26.0 Å². The van der Waals surface area contributed by atoms with Gasteiger partial charge in [0.2, 0.25) is 5.71 Å². The van der Waals surface area contributed by atoms with E-state index in [1.165, 1.54) is 15.7 Å². The average molecular weight is 279 g/mol. The van der Waals surface area contributed by atoms with Crippen molar-refractivity contribution >= 4 is 44.6 Å². The third-order valence-electron chi connectivity index (χ3n) is 3.73. The molecule has 0 saturated carbocycles. The molecule has 4 rings (SSSR count). The highest BCUT2D eigenvalue weighted by molar-refractivity contribution is 7.98. The predicted octanol–water partition coefficient (Wildman–Crippen LogP) is 5.16. The van der Waals surface area contributed by atoms with Crippen molar-refractivity contribution in [1.29, 1.82) is 0 Å². The van der Waals surface area contributed by atoms with Crippen LogP contribution in [0.2, 0.25) is 0 Å². The number of pyridine rings is 1. The van der Waals surface area contributed by atoms with E-state index in [1.54, 1.807) is 11.8 Å². The molecule has 0 aliphatic rings. The molecule has 0 fully saturated rings. The summed E-state index contributed by atoms with van der Waals surface area (Å²) in [6.07, 6.45) is 2.09. The first kappa shape index (κ1) is 11.8. The van der Waals surface area contributed by atoms with Crippen molar-refractivity contribution in [3.8, 4) is 0 Å². The summed E-state index contributed by atoms with van der Waals surface area (Å²) >= 11 is 1.74. The van der Waals surface area contributed by atoms with Crippen LogP contribution in [0.15, 0.2) is 51.8 Å². The van der Waals surface area contributed by atoms with E-state index < -0.39 is 0 Å². The number of thioether (sulfide) groups is 1. The van der Waals surface area contributed by atoms with E-state index >= 15 is 0 Å². The second-order valence-electron chi connectivity index (χ2n) is 4.89. The summed E-state index contributed by atoms with van der Waals surface area (Å²) in [4.78, 5) is 5.86. The summed E-state index contributed by atoms with van der Waals surface area (Å²) in [5.74, 6) is 0. The standard InChI is InChI=1S/C17H13NOS/c1-10-12-5-3-4-6-13(12)16-14-9-11(20-2)7-8-15(14)19-17(16)18-10/h3-9H,1-2H3. The fraction of sp³-hybridized carbons (Fsp3) is 0.118. The van der Waals surface area contributed by atoms with Crippen molar-refractivity contribution in [3.05, 3.63) is 48.2 Å². The first-order valence-electron chi connectivity index (χ1n) is 6.53. The van der Waals surface area contributed by atoms with Gasteiger partial charge in [-0.05, 0) is 36.8 Å². The Morgan fingerprint density at radius 2 is 1.80 bits per heavy atom. The van der Waals surface area contributed by atoms with Gasteiger partial charge in [0.25, 0.3) is 0 Å². The van der Waals surface area contributed by atoms with Gasteiger partial charge in [-0.1, -0.05) is 24.3 Å². The minimum Gasteiger partial charge on any atom is -0.438 e. The Morgan fingerprint density at radius 3 is 2.60 bits per heavy atom. The molecule has 2 aromatic heterocycles. The van der Waals surface area contributed by atoms with E-state index in [4.69, 9.17) is 4.42 Å². The van der Waals surface area contributed by atoms with Crippen LogP contribution in [0.5, 0.6) is 0 Å². The van der Waals surface area contributed by atoms with E-state index in [0.717, 1.165) is 27.8 Å². The largest absolute Gasteiger partial charge is 0.438 e. The number of fused-ring (bicyclic) bond motifs is 5. The molecule has 4 aromatic rings. The molecule has 0 aliphatic carbocycles. The molecule has 2 heterocycles. The maximum Gasteiger partial charge on any atom is 0.228 e. The zero-order valence-electron chi connectivity index (χ0n) is 11.3. The number of hydrogen-bond donors (Lipinski definition) is 0. The number of rotatable bonds is 1. The van der Waals surface area contributed by atoms with Gasteiger partial charge in [-0.15, -0.1) is 11.8 Å². The Hall–Kier alpha value is -2.00. The Labute approximate surface area is 120 Å². The predicted molar refractivity (Wildman–Crippen MR) is 85.5 cm³/mol. The van der Waals surface area contributed by atoms with Crippen LogP contribution in [0.3, 0.4) is 0 Å². The van der Waals surface area contributed by atoms with Gasteiger partial charge in [-0.2, -0.15) is 0 Å². The summed E-state index contributed by atoms with van der Waals surface area (Å²) in [6, 6.07) is 14.7. The molecule has 0 atom stereocenters. The van der Waals surface area contributed by atoms with Gasteiger partial charge in [0.05, 0.1) is 5.39 Å². The number of aryl methyl sites for hydroxylation is 1. The van der Waals surface area contributed by atoms with Gasteiger partial charge < -0.3 is 4.42 Å². The minimum atomic E-state index is 0.731. The zero-order chi connectivity index (χ0) is 13.7. The van der Waals surface area contributed by atoms with Crippen LogP contribution in [-0.4, -0.2) is 11.2 Å². The molecule has 0 spiro atoms. The quantitative estimate of drug-likeness (QED) is 0.450. The van der Waals surface area contributed by atoms with Crippen molar-refractivity contribution in [2.45, 2.75) is 11.8 Å². The SMILES string of the molecule is CSc1ccc2oc3nc(C)c4ccccc4c3c2c1. The molecule has 98 valence electrons. The lowest BCUT2D eigenvalue weighted by Gasteiger charge is -2.02. The van der Waals surface area contributed by atoms with Crippen LogP contribution in [0.25, 0.3) is 32.8 Å². The molecule has 0 bridgehead atoms. The first-order chi connectivity index (χ1) is 9.78. The van der Waals surface area contributed by atoms with Gasteiger partial charge in [0.15, 0.2) is 0 Å². The lowest BCUT2D eigenvalue weighted by Crippen LogP contribution is -1.84. The van der Waals surface area contributed by atoms with E-state index in [2.05, 4.69) is 47.6 Å². The van der Waals surface area contributed by atoms with Gasteiger partial charge in [-0.3, -0.25) is 0 Å². The van der Waals surface area contributed by atoms with Gasteiger partial charge in [0, 0.05) is 21.4 Å². The Balaban J connectivity index is 2.28. The van der Waals surface area contributed by atoms with Crippen LogP contribution in [0.1, 0.15) is 5.69 Å². The minimum absolute atomic E-state index is 0.731. The Kier molecular flexibility index (Phi) is 2.51. The van der Waals surface area contributed by atoms with Crippen LogP contribution >= 0.6 is 11.8 Å². The molecule has 0 amide bonds. The maximum atomic E-state index is 5.92. The van der Waals surface area contributed by atoms with Crippen LogP contribution in [-0.2, 0) is 0 Å². The van der Waals surface area contributed by atoms with Gasteiger partial charge in [-0.25, -0.2) is 4.98 Å². The number of benzene rings is 2. The summed E-state index contributed by atoms with van der Waals surface area (Å²) in [7, 11) is 0. The van der Waals surface area contributed by atoms with Gasteiger partial charge in [0.1, 0.15) is 5.58 Å². The molecule has 0 aliphatic heterocycles. The first-order valence-corrected chi connectivity index (χ1v) is 7.76. The molecule has 0 unspecified atom stereocenters. The second-order valence-corrected chi connectivity index (χ2v) is 5.77. The summed E-state index contributed by atoms with van der Waals surface area (Å²) < 4.78 is 5.92. The van der Waals surface area contributed by atoms with Gasteiger partial charge >= 0.3 is 0 Å². The van der Waals surface area contributed by atoms with Crippen molar-refractivity contribution in [2.24, 2.45) is 0 Å². The third-order valence-corrected chi connectivity index (χ3v) is 4.46. The number of nitrogens with zero attached hydrogens (tertiary/aromatic N) is 1. The molecule has 3 heteroatoms. The van der Waals surface area contributed by atoms with Crippen molar-refractivity contribution in [3.63, 3.8) is 0 Å². The summed E-state index contributed by atoms with van der Waals surface area (Å²) in [5.41, 5.74) is 2.65. The molecule has 2 nitrogen and oxygen atoms in total. The lowest BCUT2D eigenvalue weighted by molar-refractivity contribution is 0.653. The fourth-order valence-electron chi connectivity index (χ4n) is 2.76. The number of furan rings is 1. The summed E-state index contributed by atoms with van der Waals surface area (Å²) in [6.45, 7) is 2.03. The van der Waals surface area contributed by atoms with E-state index in [1.807, 2.05) is 13.0 Å². The highest BCUT2D eigenvalue weighted by Crippen LogP contribution is 2.35. The summed E-state index contributed by atoms with van der Waals surface area (Å²) in [5, 5.41) is 4.68. The van der Waals surface area contributed by atoms with E-state index in [9.17, 15) is 0 Å². The van der Waals surface area contributed by atoms with Crippen LogP contribution in [0.4, 0.5) is 0 Å². The fourth-order valence-corrected chi connectivity index (χ4v) is 3.20. The smallest absolute Gasteiger partial charge is 0.228 e. The molecular formula is C17H13NOS. The molecule has 0 N–H and O–H groups in total. The van der Waals surface area contributed by atoms with Crippen molar-refractivity contribution in [1.82, 2.24) is 4.98 Å². The third kappa shape index (κ3) is 1.56. The average Bonchev–Trinajstić information content (AvgIpc) is 2.84. The second kappa shape index (κ2) is 4.25. The molecular weight excluding hydrogens is 266 g/mol. The monoisotopic (exact) mass is 279 g/mol. The van der Waals surface area contributed by atoms with Crippen molar-refractivity contribution < 1.29 is 4.42 Å². The zero-order valence-corrected chi connectivity index (χ0v) is 12.1.